The Balaban J connectivity index is 1.64. The Morgan fingerprint density at radius 2 is 2.13 bits per heavy atom. The highest BCUT2D eigenvalue weighted by atomic mass is 16.3. The Morgan fingerprint density at radius 1 is 1.30 bits per heavy atom. The van der Waals surface area contributed by atoms with Gasteiger partial charge in [-0.15, -0.1) is 0 Å². The van der Waals surface area contributed by atoms with Crippen molar-refractivity contribution in [3.05, 3.63) is 53.5 Å². The van der Waals surface area contributed by atoms with Crippen LogP contribution in [-0.4, -0.2) is 18.4 Å². The lowest BCUT2D eigenvalue weighted by Crippen LogP contribution is -2.32. The summed E-state index contributed by atoms with van der Waals surface area (Å²) in [5, 5.41) is 2.83. The first-order chi connectivity index (χ1) is 11.0. The Morgan fingerprint density at radius 3 is 2.83 bits per heavy atom. The van der Waals surface area contributed by atoms with E-state index in [0.717, 1.165) is 11.3 Å². The van der Waals surface area contributed by atoms with E-state index in [1.165, 1.54) is 5.56 Å². The predicted octanol–water partition coefficient (Wildman–Crippen LogP) is 2.57. The molecule has 0 aliphatic carbocycles. The van der Waals surface area contributed by atoms with Crippen molar-refractivity contribution in [1.29, 1.82) is 0 Å². The minimum Gasteiger partial charge on any atom is -0.467 e. The van der Waals surface area contributed by atoms with E-state index in [-0.39, 0.29) is 24.2 Å². The van der Waals surface area contributed by atoms with E-state index in [0.29, 0.717) is 18.8 Å². The van der Waals surface area contributed by atoms with E-state index in [2.05, 4.69) is 5.32 Å². The Kier molecular flexibility index (Phi) is 4.19. The molecule has 1 aliphatic heterocycles. The monoisotopic (exact) mass is 312 g/mol. The van der Waals surface area contributed by atoms with Crippen LogP contribution < -0.4 is 10.2 Å². The van der Waals surface area contributed by atoms with E-state index in [1.54, 1.807) is 17.2 Å². The highest BCUT2D eigenvalue weighted by Crippen LogP contribution is 2.27. The van der Waals surface area contributed by atoms with E-state index in [4.69, 9.17) is 4.42 Å². The van der Waals surface area contributed by atoms with E-state index in [9.17, 15) is 9.59 Å². The number of rotatable bonds is 4. The third-order valence-corrected chi connectivity index (χ3v) is 4.31. The predicted molar refractivity (Wildman–Crippen MR) is 86.9 cm³/mol. The molecule has 1 aliphatic rings. The van der Waals surface area contributed by atoms with Crippen molar-refractivity contribution in [2.45, 2.75) is 26.8 Å². The summed E-state index contributed by atoms with van der Waals surface area (Å²) in [7, 11) is 0. The fraction of sp³-hybridized carbons (Fsp3) is 0.333. The van der Waals surface area contributed by atoms with Crippen molar-refractivity contribution >= 4 is 17.5 Å². The number of aryl methyl sites for hydroxylation is 2. The fourth-order valence-corrected chi connectivity index (χ4v) is 2.76. The molecule has 2 amide bonds. The van der Waals surface area contributed by atoms with Gasteiger partial charge in [-0.2, -0.15) is 0 Å². The van der Waals surface area contributed by atoms with Crippen LogP contribution in [0.5, 0.6) is 0 Å². The van der Waals surface area contributed by atoms with Gasteiger partial charge in [0.15, 0.2) is 0 Å². The van der Waals surface area contributed by atoms with Crippen LogP contribution in [0, 0.1) is 19.8 Å². The number of hydrogen-bond acceptors (Lipinski definition) is 3. The van der Waals surface area contributed by atoms with Crippen LogP contribution in [0.2, 0.25) is 0 Å². The molecule has 1 aromatic heterocycles. The van der Waals surface area contributed by atoms with Gasteiger partial charge in [-0.3, -0.25) is 9.59 Å². The van der Waals surface area contributed by atoms with Gasteiger partial charge in [-0.05, 0) is 49.2 Å². The first kappa shape index (κ1) is 15.3. The minimum absolute atomic E-state index is 0.00796. The number of hydrogen-bond donors (Lipinski definition) is 1. The fourth-order valence-electron chi connectivity index (χ4n) is 2.76. The second-order valence-corrected chi connectivity index (χ2v) is 5.97. The summed E-state index contributed by atoms with van der Waals surface area (Å²) in [5.74, 6) is 0.264. The average Bonchev–Trinajstić information content (AvgIpc) is 3.17. The molecule has 2 aromatic rings. The highest BCUT2D eigenvalue weighted by molar-refractivity contribution is 6.00. The van der Waals surface area contributed by atoms with Crippen molar-refractivity contribution in [1.82, 2.24) is 5.32 Å². The third-order valence-electron chi connectivity index (χ3n) is 4.31. The zero-order valence-electron chi connectivity index (χ0n) is 13.3. The SMILES string of the molecule is Cc1ccc(N2C[C@@H](C(=O)NCc3ccco3)CC2=O)cc1C. The molecule has 1 N–H and O–H groups in total. The van der Waals surface area contributed by atoms with Gasteiger partial charge >= 0.3 is 0 Å². The van der Waals surface area contributed by atoms with E-state index in [1.807, 2.05) is 38.1 Å². The number of amides is 2. The van der Waals surface area contributed by atoms with Crippen LogP contribution in [0.3, 0.4) is 0 Å². The van der Waals surface area contributed by atoms with E-state index < -0.39 is 0 Å². The molecule has 120 valence electrons. The Hall–Kier alpha value is -2.56. The zero-order chi connectivity index (χ0) is 16.4. The number of anilines is 1. The molecule has 1 atom stereocenters. The lowest BCUT2D eigenvalue weighted by atomic mass is 10.1. The first-order valence-electron chi connectivity index (χ1n) is 7.72. The normalized spacial score (nSPS) is 17.6. The molecule has 0 saturated carbocycles. The molecule has 5 heteroatoms. The molecule has 1 fully saturated rings. The lowest BCUT2D eigenvalue weighted by Gasteiger charge is -2.18. The van der Waals surface area contributed by atoms with Gasteiger partial charge in [0.1, 0.15) is 5.76 Å². The molecule has 23 heavy (non-hydrogen) atoms. The van der Waals surface area contributed by atoms with Gasteiger partial charge in [0, 0.05) is 18.7 Å². The summed E-state index contributed by atoms with van der Waals surface area (Å²) < 4.78 is 5.19. The van der Waals surface area contributed by atoms with E-state index >= 15 is 0 Å². The van der Waals surface area contributed by atoms with Gasteiger partial charge in [0.05, 0.1) is 18.7 Å². The maximum atomic E-state index is 12.3. The standard InChI is InChI=1S/C18H20N2O3/c1-12-5-6-15(8-13(12)2)20-11-14(9-17(20)21)18(22)19-10-16-4-3-7-23-16/h3-8,14H,9-11H2,1-2H3,(H,19,22)/t14-/m0/s1. The molecule has 0 spiro atoms. The average molecular weight is 312 g/mol. The van der Waals surface area contributed by atoms with Gasteiger partial charge in [-0.1, -0.05) is 6.07 Å². The summed E-state index contributed by atoms with van der Waals surface area (Å²) in [5.41, 5.74) is 3.19. The zero-order valence-corrected chi connectivity index (χ0v) is 13.3. The Bertz CT molecular complexity index is 722. The summed E-state index contributed by atoms with van der Waals surface area (Å²) in [6.45, 7) is 4.83. The quantitative estimate of drug-likeness (QED) is 0.944. The van der Waals surface area contributed by atoms with Crippen LogP contribution in [0.4, 0.5) is 5.69 Å². The second kappa shape index (κ2) is 6.28. The van der Waals surface area contributed by atoms with Crippen LogP contribution in [0.1, 0.15) is 23.3 Å². The van der Waals surface area contributed by atoms with Crippen LogP contribution >= 0.6 is 0 Å². The third kappa shape index (κ3) is 3.28. The molecule has 5 nitrogen and oxygen atoms in total. The second-order valence-electron chi connectivity index (χ2n) is 5.97. The summed E-state index contributed by atoms with van der Waals surface area (Å²) in [6, 6.07) is 9.52. The van der Waals surface area contributed by atoms with Crippen molar-refractivity contribution < 1.29 is 14.0 Å². The Labute approximate surface area is 135 Å². The van der Waals surface area contributed by atoms with Crippen LogP contribution in [0.25, 0.3) is 0 Å². The number of benzene rings is 1. The molecule has 0 unspecified atom stereocenters. The highest BCUT2D eigenvalue weighted by Gasteiger charge is 2.35. The number of nitrogens with zero attached hydrogens (tertiary/aromatic N) is 1. The van der Waals surface area contributed by atoms with Crippen molar-refractivity contribution in [3.63, 3.8) is 0 Å². The molecule has 3 rings (SSSR count). The van der Waals surface area contributed by atoms with Gasteiger partial charge in [-0.25, -0.2) is 0 Å². The summed E-state index contributed by atoms with van der Waals surface area (Å²) in [4.78, 5) is 26.2. The molecular formula is C18H20N2O3. The molecular weight excluding hydrogens is 292 g/mol. The maximum absolute atomic E-state index is 12.3. The largest absolute Gasteiger partial charge is 0.467 e. The first-order valence-corrected chi connectivity index (χ1v) is 7.72. The summed E-state index contributed by atoms with van der Waals surface area (Å²) in [6.07, 6.45) is 1.82. The summed E-state index contributed by atoms with van der Waals surface area (Å²) >= 11 is 0. The molecule has 1 saturated heterocycles. The van der Waals surface area contributed by atoms with Gasteiger partial charge in [0.2, 0.25) is 11.8 Å². The van der Waals surface area contributed by atoms with Crippen molar-refractivity contribution in [3.8, 4) is 0 Å². The van der Waals surface area contributed by atoms with Gasteiger partial charge in [0.25, 0.3) is 0 Å². The van der Waals surface area contributed by atoms with Crippen molar-refractivity contribution in [2.75, 3.05) is 11.4 Å². The van der Waals surface area contributed by atoms with Crippen LogP contribution in [0.15, 0.2) is 41.0 Å². The topological polar surface area (TPSA) is 62.6 Å². The molecule has 0 bridgehead atoms. The smallest absolute Gasteiger partial charge is 0.227 e. The number of furan rings is 1. The lowest BCUT2D eigenvalue weighted by molar-refractivity contribution is -0.126. The number of nitrogens with one attached hydrogen (secondary N) is 1. The van der Waals surface area contributed by atoms with Gasteiger partial charge < -0.3 is 14.6 Å². The minimum atomic E-state index is -0.320. The number of carbonyl (C=O) groups excluding carboxylic acids is 2. The maximum Gasteiger partial charge on any atom is 0.227 e. The molecule has 1 aromatic carbocycles. The molecule has 0 radical (unpaired) electrons. The van der Waals surface area contributed by atoms with Crippen LogP contribution in [-0.2, 0) is 16.1 Å². The number of carbonyl (C=O) groups is 2. The van der Waals surface area contributed by atoms with Crippen molar-refractivity contribution in [2.24, 2.45) is 5.92 Å². The molecule has 2 heterocycles.